The van der Waals surface area contributed by atoms with Gasteiger partial charge in [0.25, 0.3) is 0 Å². The molecule has 2 aliphatic carbocycles. The summed E-state index contributed by atoms with van der Waals surface area (Å²) in [5.74, 6) is -0.802. The van der Waals surface area contributed by atoms with Gasteiger partial charge in [-0.1, -0.05) is 6.42 Å². The topological polar surface area (TPSA) is 72.9 Å². The molecular weight excluding hydrogens is 459 g/mol. The number of likely N-dealkylation sites (tertiary alicyclic amines) is 1. The van der Waals surface area contributed by atoms with E-state index in [1.165, 1.54) is 56.3 Å². The maximum atomic E-state index is 12.8. The summed E-state index contributed by atoms with van der Waals surface area (Å²) in [4.78, 5) is 26.9. The quantitative estimate of drug-likeness (QED) is 0.611. The van der Waals surface area contributed by atoms with Gasteiger partial charge in [-0.3, -0.25) is 9.69 Å². The second-order valence-corrected chi connectivity index (χ2v) is 10.7. The summed E-state index contributed by atoms with van der Waals surface area (Å²) in [5, 5.41) is 10.4. The van der Waals surface area contributed by atoms with E-state index < -0.39 is 12.1 Å². The lowest BCUT2D eigenvalue weighted by atomic mass is 9.88. The number of carboxylic acid groups (broad SMARTS) is 1. The highest BCUT2D eigenvalue weighted by Crippen LogP contribution is 2.48. The van der Waals surface area contributed by atoms with Crippen LogP contribution < -0.4 is 10.2 Å². The van der Waals surface area contributed by atoms with Gasteiger partial charge in [0.1, 0.15) is 0 Å². The molecule has 4 aliphatic rings. The van der Waals surface area contributed by atoms with Gasteiger partial charge in [0.15, 0.2) is 0 Å². The molecule has 0 spiro atoms. The van der Waals surface area contributed by atoms with Crippen molar-refractivity contribution in [3.63, 3.8) is 0 Å². The highest BCUT2D eigenvalue weighted by Gasteiger charge is 2.43. The van der Waals surface area contributed by atoms with Gasteiger partial charge in [0, 0.05) is 42.5 Å². The van der Waals surface area contributed by atoms with E-state index in [4.69, 9.17) is 9.90 Å². The first-order valence-corrected chi connectivity index (χ1v) is 12.7. The maximum absolute atomic E-state index is 12.8. The highest BCUT2D eigenvalue weighted by atomic mass is 19.4. The Balaban J connectivity index is 0.000000364. The van der Waals surface area contributed by atoms with E-state index >= 15 is 0 Å². The largest absolute Gasteiger partial charge is 0.490 e. The Morgan fingerprint density at radius 1 is 1.09 bits per heavy atom. The first-order chi connectivity index (χ1) is 16.5. The average Bonchev–Trinajstić information content (AvgIpc) is 3.59. The molecule has 2 N–H and O–H groups in total. The number of halogens is 3. The van der Waals surface area contributed by atoms with Gasteiger partial charge in [-0.25, -0.2) is 4.79 Å². The third-order valence-electron chi connectivity index (χ3n) is 8.39. The summed E-state index contributed by atoms with van der Waals surface area (Å²) in [6.07, 6.45) is 3.88. The summed E-state index contributed by atoms with van der Waals surface area (Å²) in [5.41, 5.74) is 3.50. The number of aliphatic carboxylic acids is 1. The lowest BCUT2D eigenvalue weighted by molar-refractivity contribution is -0.192. The van der Waals surface area contributed by atoms with E-state index in [1.54, 1.807) is 0 Å². The standard InChI is InChI=1S/C24H35N3O.C2HF3O2/c1-16-12-20(26-11-9-21(15-26)27-10-3-4-17(27)2)7-8-23(16)25-24(28)22-14-18-5-6-19(22)13-18;3-2(4,5)1(6)7/h7-8,12,17-19,21-22H,3-6,9-11,13-15H2,1-2H3,(H,25,28);(H,6,7)/t17-,18?,19?,21-,22?;/m0./s1. The van der Waals surface area contributed by atoms with Crippen LogP contribution >= 0.6 is 0 Å². The van der Waals surface area contributed by atoms with E-state index in [1.807, 2.05) is 0 Å². The zero-order valence-corrected chi connectivity index (χ0v) is 20.5. The number of anilines is 2. The number of hydrogen-bond acceptors (Lipinski definition) is 4. The Kier molecular flexibility index (Phi) is 7.64. The van der Waals surface area contributed by atoms with Gasteiger partial charge in [-0.15, -0.1) is 0 Å². The summed E-state index contributed by atoms with van der Waals surface area (Å²) >= 11 is 0. The van der Waals surface area contributed by atoms with Crippen molar-refractivity contribution in [2.45, 2.75) is 77.1 Å². The summed E-state index contributed by atoms with van der Waals surface area (Å²) < 4.78 is 31.7. The van der Waals surface area contributed by atoms with E-state index in [9.17, 15) is 18.0 Å². The average molecular weight is 496 g/mol. The number of rotatable bonds is 4. The van der Waals surface area contributed by atoms with Crippen LogP contribution in [0.2, 0.25) is 0 Å². The van der Waals surface area contributed by atoms with Crippen molar-refractivity contribution in [1.82, 2.24) is 4.90 Å². The van der Waals surface area contributed by atoms with Crippen LogP contribution in [0.5, 0.6) is 0 Å². The Hall–Kier alpha value is -2.29. The molecule has 5 rings (SSSR count). The summed E-state index contributed by atoms with van der Waals surface area (Å²) in [7, 11) is 0. The SMILES string of the molecule is Cc1cc(N2CC[C@H](N3CCC[C@@H]3C)C2)ccc1NC(=O)C1CC2CCC1C2.O=C(O)C(F)(F)F. The van der Waals surface area contributed by atoms with Crippen LogP contribution in [0.15, 0.2) is 18.2 Å². The minimum Gasteiger partial charge on any atom is -0.475 e. The zero-order valence-electron chi connectivity index (χ0n) is 20.5. The second kappa shape index (κ2) is 10.4. The predicted octanol–water partition coefficient (Wildman–Crippen LogP) is 5.07. The molecular formula is C26H36F3N3O3. The Morgan fingerprint density at radius 3 is 2.37 bits per heavy atom. The molecule has 2 saturated heterocycles. The molecule has 0 radical (unpaired) electrons. The second-order valence-electron chi connectivity index (χ2n) is 10.7. The molecule has 2 saturated carbocycles. The summed E-state index contributed by atoms with van der Waals surface area (Å²) in [6, 6.07) is 8.05. The van der Waals surface area contributed by atoms with E-state index in [0.717, 1.165) is 37.2 Å². The number of carbonyl (C=O) groups is 2. The Labute approximate surface area is 204 Å². The van der Waals surface area contributed by atoms with Crippen molar-refractivity contribution in [3.05, 3.63) is 23.8 Å². The van der Waals surface area contributed by atoms with Gasteiger partial charge in [-0.05, 0) is 94.5 Å². The minimum atomic E-state index is -5.08. The fourth-order valence-corrected chi connectivity index (χ4v) is 6.52. The number of nitrogens with one attached hydrogen (secondary N) is 1. The highest BCUT2D eigenvalue weighted by molar-refractivity contribution is 5.94. The molecule has 9 heteroatoms. The molecule has 2 aliphatic heterocycles. The number of carbonyl (C=O) groups excluding carboxylic acids is 1. The molecule has 2 heterocycles. The minimum absolute atomic E-state index is 0.250. The van der Waals surface area contributed by atoms with Gasteiger partial charge >= 0.3 is 12.1 Å². The molecule has 194 valence electrons. The van der Waals surface area contributed by atoms with E-state index in [0.29, 0.717) is 12.0 Å². The van der Waals surface area contributed by atoms with Crippen LogP contribution in [0, 0.1) is 24.7 Å². The molecule has 35 heavy (non-hydrogen) atoms. The smallest absolute Gasteiger partial charge is 0.475 e. The van der Waals surface area contributed by atoms with Gasteiger partial charge in [0.2, 0.25) is 5.91 Å². The fraction of sp³-hybridized carbons (Fsp3) is 0.692. The van der Waals surface area contributed by atoms with Crippen molar-refractivity contribution in [3.8, 4) is 0 Å². The van der Waals surface area contributed by atoms with Crippen molar-refractivity contribution in [2.75, 3.05) is 29.9 Å². The molecule has 1 aromatic carbocycles. The van der Waals surface area contributed by atoms with Gasteiger partial charge in [-0.2, -0.15) is 13.2 Å². The third kappa shape index (κ3) is 5.93. The van der Waals surface area contributed by atoms with Crippen molar-refractivity contribution in [2.24, 2.45) is 17.8 Å². The van der Waals surface area contributed by atoms with Crippen LogP contribution in [0.1, 0.15) is 57.4 Å². The molecule has 0 aromatic heterocycles. The molecule has 6 nitrogen and oxygen atoms in total. The van der Waals surface area contributed by atoms with Crippen LogP contribution in [0.4, 0.5) is 24.5 Å². The van der Waals surface area contributed by atoms with Crippen LogP contribution in [-0.4, -0.2) is 59.8 Å². The maximum Gasteiger partial charge on any atom is 0.490 e. The number of amides is 1. The summed E-state index contributed by atoms with van der Waals surface area (Å²) in [6.45, 7) is 8.07. The number of benzene rings is 1. The number of aryl methyl sites for hydroxylation is 1. The van der Waals surface area contributed by atoms with Crippen LogP contribution in [0.25, 0.3) is 0 Å². The van der Waals surface area contributed by atoms with Crippen LogP contribution in [-0.2, 0) is 9.59 Å². The fourth-order valence-electron chi connectivity index (χ4n) is 6.52. The zero-order chi connectivity index (χ0) is 25.3. The predicted molar refractivity (Wildman–Crippen MR) is 128 cm³/mol. The third-order valence-corrected chi connectivity index (χ3v) is 8.39. The number of nitrogens with zero attached hydrogens (tertiary/aromatic N) is 2. The lowest BCUT2D eigenvalue weighted by Crippen LogP contribution is -2.39. The first-order valence-electron chi connectivity index (χ1n) is 12.7. The van der Waals surface area contributed by atoms with Crippen molar-refractivity contribution in [1.29, 1.82) is 0 Å². The molecule has 2 bridgehead atoms. The number of alkyl halides is 3. The molecule has 1 aromatic rings. The number of hydrogen-bond donors (Lipinski definition) is 2. The van der Waals surface area contributed by atoms with Crippen molar-refractivity contribution >= 4 is 23.3 Å². The Morgan fingerprint density at radius 2 is 1.83 bits per heavy atom. The molecule has 5 atom stereocenters. The van der Waals surface area contributed by atoms with Gasteiger partial charge in [0.05, 0.1) is 0 Å². The van der Waals surface area contributed by atoms with Crippen LogP contribution in [0.3, 0.4) is 0 Å². The molecule has 4 fully saturated rings. The molecule has 1 amide bonds. The first kappa shape index (κ1) is 25.8. The normalized spacial score (nSPS) is 30.3. The molecule has 3 unspecified atom stereocenters. The van der Waals surface area contributed by atoms with E-state index in [2.05, 4.69) is 47.2 Å². The monoisotopic (exact) mass is 495 g/mol. The van der Waals surface area contributed by atoms with Crippen molar-refractivity contribution < 1.29 is 27.9 Å². The lowest BCUT2D eigenvalue weighted by Gasteiger charge is -2.29. The number of carboxylic acids is 1. The number of fused-ring (bicyclic) bond motifs is 2. The van der Waals surface area contributed by atoms with Gasteiger partial charge < -0.3 is 15.3 Å². The van der Waals surface area contributed by atoms with E-state index in [-0.39, 0.29) is 11.8 Å². The Bertz CT molecular complexity index is 938.